The van der Waals surface area contributed by atoms with Crippen molar-refractivity contribution in [3.8, 4) is 0 Å². The topological polar surface area (TPSA) is 29.5 Å². The van der Waals surface area contributed by atoms with Gasteiger partial charge in [-0.1, -0.05) is 37.3 Å². The van der Waals surface area contributed by atoms with E-state index in [0.717, 1.165) is 25.8 Å². The van der Waals surface area contributed by atoms with E-state index in [1.165, 1.54) is 5.56 Å². The van der Waals surface area contributed by atoms with Gasteiger partial charge in [0, 0.05) is 25.6 Å². The summed E-state index contributed by atoms with van der Waals surface area (Å²) in [6.45, 7) is 3.27. The molecule has 2 atom stereocenters. The number of methoxy groups -OCH3 is 1. The Morgan fingerprint density at radius 1 is 1.42 bits per heavy atom. The molecule has 1 fully saturated rings. The standard InChI is InChI=1S/C16H23NO2/c1-3-14(13-8-5-4-6-9-13)15-10-7-11-17(15)16(18)12-19-2/h4-6,8-9,14-15H,3,7,10-12H2,1-2H3/t14-,15+/m1/s1. The van der Waals surface area contributed by atoms with E-state index in [1.54, 1.807) is 7.11 Å². The summed E-state index contributed by atoms with van der Waals surface area (Å²) in [5.41, 5.74) is 1.34. The molecule has 0 N–H and O–H groups in total. The lowest BCUT2D eigenvalue weighted by Crippen LogP contribution is -2.40. The minimum Gasteiger partial charge on any atom is -0.375 e. The van der Waals surface area contributed by atoms with Gasteiger partial charge in [0.1, 0.15) is 6.61 Å². The van der Waals surface area contributed by atoms with E-state index in [-0.39, 0.29) is 12.5 Å². The Balaban J connectivity index is 2.15. The van der Waals surface area contributed by atoms with Crippen LogP contribution in [0.4, 0.5) is 0 Å². The van der Waals surface area contributed by atoms with Crippen molar-refractivity contribution in [2.45, 2.75) is 38.1 Å². The van der Waals surface area contributed by atoms with Crippen LogP contribution in [0.2, 0.25) is 0 Å². The summed E-state index contributed by atoms with van der Waals surface area (Å²) in [6.07, 6.45) is 3.26. The average molecular weight is 261 g/mol. The summed E-state index contributed by atoms with van der Waals surface area (Å²) in [7, 11) is 1.58. The van der Waals surface area contributed by atoms with Crippen molar-refractivity contribution in [1.82, 2.24) is 4.90 Å². The molecule has 0 spiro atoms. The molecule has 0 saturated carbocycles. The van der Waals surface area contributed by atoms with Crippen LogP contribution in [-0.4, -0.2) is 37.1 Å². The van der Waals surface area contributed by atoms with Gasteiger partial charge in [0.2, 0.25) is 5.91 Å². The Bertz CT molecular complexity index is 404. The molecule has 19 heavy (non-hydrogen) atoms. The Hall–Kier alpha value is -1.35. The van der Waals surface area contributed by atoms with Gasteiger partial charge in [0.05, 0.1) is 0 Å². The fourth-order valence-corrected chi connectivity index (χ4v) is 3.16. The molecule has 2 rings (SSSR count). The van der Waals surface area contributed by atoms with Gasteiger partial charge in [0.15, 0.2) is 0 Å². The van der Waals surface area contributed by atoms with Crippen LogP contribution >= 0.6 is 0 Å². The molecule has 0 bridgehead atoms. The Morgan fingerprint density at radius 3 is 2.79 bits per heavy atom. The van der Waals surface area contributed by atoms with Crippen LogP contribution in [0.15, 0.2) is 30.3 Å². The Kier molecular flexibility index (Phi) is 4.97. The molecule has 1 aliphatic rings. The monoisotopic (exact) mass is 261 g/mol. The zero-order chi connectivity index (χ0) is 13.7. The van der Waals surface area contributed by atoms with Crippen molar-refractivity contribution in [3.05, 3.63) is 35.9 Å². The molecule has 1 heterocycles. The molecule has 1 aromatic carbocycles. The number of ether oxygens (including phenoxy) is 1. The lowest BCUT2D eigenvalue weighted by atomic mass is 9.87. The number of benzene rings is 1. The van der Waals surface area contributed by atoms with Crippen LogP contribution in [0, 0.1) is 0 Å². The number of carbonyl (C=O) groups excluding carboxylic acids is 1. The van der Waals surface area contributed by atoms with E-state index in [1.807, 2.05) is 11.0 Å². The molecule has 0 unspecified atom stereocenters. The van der Waals surface area contributed by atoms with Crippen LogP contribution in [0.3, 0.4) is 0 Å². The molecule has 104 valence electrons. The third kappa shape index (κ3) is 3.16. The number of nitrogens with zero attached hydrogens (tertiary/aromatic N) is 1. The van der Waals surface area contributed by atoms with Crippen molar-refractivity contribution >= 4 is 5.91 Å². The number of rotatable bonds is 5. The highest BCUT2D eigenvalue weighted by Gasteiger charge is 2.34. The average Bonchev–Trinajstić information content (AvgIpc) is 2.90. The maximum atomic E-state index is 12.1. The van der Waals surface area contributed by atoms with Crippen LogP contribution < -0.4 is 0 Å². The largest absolute Gasteiger partial charge is 0.375 e. The summed E-state index contributed by atoms with van der Waals surface area (Å²) in [5, 5.41) is 0. The first kappa shape index (κ1) is 14.1. The summed E-state index contributed by atoms with van der Waals surface area (Å²) in [4.78, 5) is 14.1. The van der Waals surface area contributed by atoms with E-state index < -0.39 is 0 Å². The van der Waals surface area contributed by atoms with Crippen molar-refractivity contribution in [2.24, 2.45) is 0 Å². The minimum atomic E-state index is 0.124. The summed E-state index contributed by atoms with van der Waals surface area (Å²) in [6, 6.07) is 10.9. The zero-order valence-electron chi connectivity index (χ0n) is 11.8. The van der Waals surface area contributed by atoms with Gasteiger partial charge in [-0.15, -0.1) is 0 Å². The lowest BCUT2D eigenvalue weighted by molar-refractivity contribution is -0.136. The molecule has 3 nitrogen and oxygen atoms in total. The van der Waals surface area contributed by atoms with Gasteiger partial charge >= 0.3 is 0 Å². The molecular formula is C16H23NO2. The zero-order valence-corrected chi connectivity index (χ0v) is 11.8. The fraction of sp³-hybridized carbons (Fsp3) is 0.562. The first-order chi connectivity index (χ1) is 9.27. The summed E-state index contributed by atoms with van der Waals surface area (Å²) < 4.78 is 4.99. The van der Waals surface area contributed by atoms with Crippen molar-refractivity contribution in [2.75, 3.05) is 20.3 Å². The second-order valence-corrected chi connectivity index (χ2v) is 5.16. The molecule has 3 heteroatoms. The highest BCUT2D eigenvalue weighted by Crippen LogP contribution is 2.33. The van der Waals surface area contributed by atoms with Crippen molar-refractivity contribution in [3.63, 3.8) is 0 Å². The SMILES string of the molecule is CC[C@H](c1ccccc1)[C@@H]1CCCN1C(=O)COC. The molecule has 0 aliphatic carbocycles. The van der Waals surface area contributed by atoms with Gasteiger partial charge in [-0.05, 0) is 24.8 Å². The van der Waals surface area contributed by atoms with E-state index in [0.29, 0.717) is 12.0 Å². The van der Waals surface area contributed by atoms with Gasteiger partial charge in [-0.25, -0.2) is 0 Å². The number of hydrogen-bond acceptors (Lipinski definition) is 2. The quantitative estimate of drug-likeness (QED) is 0.815. The molecule has 1 aliphatic heterocycles. The Morgan fingerprint density at radius 2 is 2.16 bits per heavy atom. The maximum Gasteiger partial charge on any atom is 0.248 e. The first-order valence-corrected chi connectivity index (χ1v) is 7.11. The van der Waals surface area contributed by atoms with Crippen molar-refractivity contribution in [1.29, 1.82) is 0 Å². The summed E-state index contributed by atoms with van der Waals surface area (Å²) in [5.74, 6) is 0.559. The van der Waals surface area contributed by atoms with Crippen molar-refractivity contribution < 1.29 is 9.53 Å². The van der Waals surface area contributed by atoms with Crippen LogP contribution in [-0.2, 0) is 9.53 Å². The molecular weight excluding hydrogens is 238 g/mol. The van der Waals surface area contributed by atoms with Gasteiger partial charge in [-0.3, -0.25) is 4.79 Å². The fourth-order valence-electron chi connectivity index (χ4n) is 3.16. The van der Waals surface area contributed by atoms with Crippen LogP contribution in [0.25, 0.3) is 0 Å². The lowest BCUT2D eigenvalue weighted by Gasteiger charge is -2.31. The van der Waals surface area contributed by atoms with E-state index in [2.05, 4.69) is 31.2 Å². The van der Waals surface area contributed by atoms with E-state index in [4.69, 9.17) is 4.74 Å². The van der Waals surface area contributed by atoms with Crippen LogP contribution in [0.1, 0.15) is 37.7 Å². The Labute approximate surface area is 115 Å². The van der Waals surface area contributed by atoms with E-state index in [9.17, 15) is 4.79 Å². The highest BCUT2D eigenvalue weighted by atomic mass is 16.5. The van der Waals surface area contributed by atoms with E-state index >= 15 is 0 Å². The second-order valence-electron chi connectivity index (χ2n) is 5.16. The summed E-state index contributed by atoms with van der Waals surface area (Å²) >= 11 is 0. The van der Waals surface area contributed by atoms with Gasteiger partial charge in [0.25, 0.3) is 0 Å². The van der Waals surface area contributed by atoms with Crippen LogP contribution in [0.5, 0.6) is 0 Å². The predicted octanol–water partition coefficient (Wildman–Crippen LogP) is 2.82. The van der Waals surface area contributed by atoms with Gasteiger partial charge in [-0.2, -0.15) is 0 Å². The number of hydrogen-bond donors (Lipinski definition) is 0. The number of amides is 1. The third-order valence-corrected chi connectivity index (χ3v) is 4.02. The smallest absolute Gasteiger partial charge is 0.248 e. The molecule has 0 radical (unpaired) electrons. The minimum absolute atomic E-state index is 0.124. The second kappa shape index (κ2) is 6.71. The third-order valence-electron chi connectivity index (χ3n) is 4.02. The highest BCUT2D eigenvalue weighted by molar-refractivity contribution is 5.78. The first-order valence-electron chi connectivity index (χ1n) is 7.11. The predicted molar refractivity (Wildman–Crippen MR) is 76.1 cm³/mol. The molecule has 1 saturated heterocycles. The molecule has 1 aromatic rings. The number of carbonyl (C=O) groups is 1. The number of likely N-dealkylation sites (tertiary alicyclic amines) is 1. The molecule has 0 aromatic heterocycles. The van der Waals surface area contributed by atoms with Gasteiger partial charge < -0.3 is 9.64 Å². The maximum absolute atomic E-state index is 12.1. The normalized spacial score (nSPS) is 20.5. The molecule has 1 amide bonds.